The highest BCUT2D eigenvalue weighted by Crippen LogP contribution is 2.30. The zero-order valence-corrected chi connectivity index (χ0v) is 12.5. The number of primary amides is 1. The van der Waals surface area contributed by atoms with E-state index in [1.165, 1.54) is 0 Å². The van der Waals surface area contributed by atoms with Crippen LogP contribution in [-0.2, 0) is 19.6 Å². The Labute approximate surface area is 126 Å². The van der Waals surface area contributed by atoms with Gasteiger partial charge in [0.2, 0.25) is 15.9 Å². The van der Waals surface area contributed by atoms with Gasteiger partial charge in [-0.15, -0.1) is 0 Å². The molecular formula is C13H16F2N2O4S. The molecule has 0 bridgehead atoms. The van der Waals surface area contributed by atoms with Crippen molar-refractivity contribution in [1.82, 2.24) is 4.72 Å². The van der Waals surface area contributed by atoms with E-state index in [-0.39, 0.29) is 19.4 Å². The van der Waals surface area contributed by atoms with Crippen LogP contribution in [-0.4, -0.2) is 34.1 Å². The number of halogens is 2. The summed E-state index contributed by atoms with van der Waals surface area (Å²) < 4.78 is 57.8. The zero-order valence-electron chi connectivity index (χ0n) is 11.6. The first-order valence-electron chi connectivity index (χ1n) is 6.59. The number of sulfonamides is 1. The van der Waals surface area contributed by atoms with Crippen LogP contribution in [0, 0.1) is 17.0 Å². The number of benzene rings is 1. The average molecular weight is 334 g/mol. The number of ether oxygens (including phenoxy) is 1. The number of amides is 1. The van der Waals surface area contributed by atoms with Crippen molar-refractivity contribution in [2.45, 2.75) is 17.7 Å². The lowest BCUT2D eigenvalue weighted by Gasteiger charge is -2.34. The van der Waals surface area contributed by atoms with Crippen LogP contribution in [0.1, 0.15) is 12.8 Å². The second-order valence-corrected chi connectivity index (χ2v) is 6.95. The molecule has 122 valence electrons. The molecule has 6 nitrogen and oxygen atoms in total. The number of hydrogen-bond donors (Lipinski definition) is 2. The summed E-state index contributed by atoms with van der Waals surface area (Å²) in [4.78, 5) is 11.1. The van der Waals surface area contributed by atoms with Crippen molar-refractivity contribution in [3.63, 3.8) is 0 Å². The topological polar surface area (TPSA) is 98.5 Å². The Bertz CT molecular complexity index is 652. The Morgan fingerprint density at radius 2 is 1.77 bits per heavy atom. The normalized spacial score (nSPS) is 18.1. The van der Waals surface area contributed by atoms with Crippen molar-refractivity contribution < 1.29 is 26.7 Å². The summed E-state index contributed by atoms with van der Waals surface area (Å²) in [5, 5.41) is 0. The molecule has 3 N–H and O–H groups in total. The fourth-order valence-corrected chi connectivity index (χ4v) is 3.44. The fraction of sp³-hybridized carbons (Fsp3) is 0.462. The molecule has 0 radical (unpaired) electrons. The molecule has 1 aliphatic rings. The van der Waals surface area contributed by atoms with Gasteiger partial charge in [0.1, 0.15) is 11.6 Å². The van der Waals surface area contributed by atoms with E-state index in [0.717, 1.165) is 0 Å². The third-order valence-corrected chi connectivity index (χ3v) is 5.10. The predicted octanol–water partition coefficient (Wildman–Crippen LogP) is 0.525. The molecule has 1 aromatic carbocycles. The second-order valence-electron chi connectivity index (χ2n) is 5.19. The van der Waals surface area contributed by atoms with Gasteiger partial charge in [-0.1, -0.05) is 0 Å². The molecule has 1 saturated heterocycles. The first-order chi connectivity index (χ1) is 10.3. The minimum Gasteiger partial charge on any atom is -0.381 e. The molecule has 1 fully saturated rings. The van der Waals surface area contributed by atoms with Gasteiger partial charge in [0.25, 0.3) is 0 Å². The van der Waals surface area contributed by atoms with E-state index >= 15 is 0 Å². The van der Waals surface area contributed by atoms with E-state index in [2.05, 4.69) is 4.72 Å². The van der Waals surface area contributed by atoms with E-state index < -0.39 is 37.9 Å². The lowest BCUT2D eigenvalue weighted by molar-refractivity contribution is -0.132. The van der Waals surface area contributed by atoms with Crippen LogP contribution in [0.15, 0.2) is 23.1 Å². The SMILES string of the molecule is NC(=O)C1(CNS(=O)(=O)c2cc(F)cc(F)c2)CCOCC1. The van der Waals surface area contributed by atoms with Crippen molar-refractivity contribution >= 4 is 15.9 Å². The summed E-state index contributed by atoms with van der Waals surface area (Å²) in [5.74, 6) is -2.64. The van der Waals surface area contributed by atoms with Crippen LogP contribution in [0.5, 0.6) is 0 Å². The zero-order chi connectivity index (χ0) is 16.4. The molecule has 0 spiro atoms. The Balaban J connectivity index is 2.19. The summed E-state index contributed by atoms with van der Waals surface area (Å²) in [6.45, 7) is 0.338. The largest absolute Gasteiger partial charge is 0.381 e. The molecule has 2 rings (SSSR count). The van der Waals surface area contributed by atoms with Crippen LogP contribution >= 0.6 is 0 Å². The lowest BCUT2D eigenvalue weighted by atomic mass is 9.80. The average Bonchev–Trinajstić information content (AvgIpc) is 2.45. The minimum atomic E-state index is -4.15. The van der Waals surface area contributed by atoms with Gasteiger partial charge in [0, 0.05) is 25.8 Å². The molecule has 0 aliphatic carbocycles. The lowest BCUT2D eigenvalue weighted by Crippen LogP contribution is -2.49. The van der Waals surface area contributed by atoms with Gasteiger partial charge < -0.3 is 10.5 Å². The van der Waals surface area contributed by atoms with Gasteiger partial charge in [-0.05, 0) is 25.0 Å². The third-order valence-electron chi connectivity index (χ3n) is 3.72. The summed E-state index contributed by atoms with van der Waals surface area (Å²) in [7, 11) is -4.15. The van der Waals surface area contributed by atoms with Gasteiger partial charge in [-0.25, -0.2) is 21.9 Å². The molecule has 22 heavy (non-hydrogen) atoms. The van der Waals surface area contributed by atoms with Crippen LogP contribution in [0.4, 0.5) is 8.78 Å². The van der Waals surface area contributed by atoms with Gasteiger partial charge in [0.05, 0.1) is 10.3 Å². The van der Waals surface area contributed by atoms with Gasteiger partial charge >= 0.3 is 0 Å². The van der Waals surface area contributed by atoms with Crippen LogP contribution in [0.3, 0.4) is 0 Å². The number of hydrogen-bond acceptors (Lipinski definition) is 4. The monoisotopic (exact) mass is 334 g/mol. The molecule has 1 heterocycles. The van der Waals surface area contributed by atoms with Gasteiger partial charge in [0.15, 0.2) is 0 Å². The van der Waals surface area contributed by atoms with Crippen molar-refractivity contribution in [3.8, 4) is 0 Å². The Morgan fingerprint density at radius 3 is 2.27 bits per heavy atom. The van der Waals surface area contributed by atoms with Crippen molar-refractivity contribution in [1.29, 1.82) is 0 Å². The molecule has 1 aromatic rings. The summed E-state index contributed by atoms with van der Waals surface area (Å²) in [6, 6.07) is 1.97. The Morgan fingerprint density at radius 1 is 1.23 bits per heavy atom. The Hall–Kier alpha value is -1.58. The number of carbonyl (C=O) groups excluding carboxylic acids is 1. The number of nitrogens with two attached hydrogens (primary N) is 1. The maximum atomic E-state index is 13.1. The highest BCUT2D eigenvalue weighted by molar-refractivity contribution is 7.89. The van der Waals surface area contributed by atoms with Crippen LogP contribution in [0.25, 0.3) is 0 Å². The van der Waals surface area contributed by atoms with E-state index in [9.17, 15) is 22.0 Å². The maximum absolute atomic E-state index is 13.1. The predicted molar refractivity (Wildman–Crippen MR) is 73.2 cm³/mol. The smallest absolute Gasteiger partial charge is 0.240 e. The summed E-state index contributed by atoms with van der Waals surface area (Å²) in [6.07, 6.45) is 0.560. The van der Waals surface area contributed by atoms with Gasteiger partial charge in [-0.3, -0.25) is 4.79 Å². The number of rotatable bonds is 5. The first-order valence-corrected chi connectivity index (χ1v) is 8.07. The third kappa shape index (κ3) is 3.60. The second kappa shape index (κ2) is 6.27. The van der Waals surface area contributed by atoms with E-state index in [0.29, 0.717) is 31.4 Å². The highest BCUT2D eigenvalue weighted by atomic mass is 32.2. The molecule has 1 amide bonds. The first kappa shape index (κ1) is 16.8. The summed E-state index contributed by atoms with van der Waals surface area (Å²) in [5.41, 5.74) is 4.31. The quantitative estimate of drug-likeness (QED) is 0.820. The van der Waals surface area contributed by atoms with Gasteiger partial charge in [-0.2, -0.15) is 0 Å². The van der Waals surface area contributed by atoms with E-state index in [1.807, 2.05) is 0 Å². The van der Waals surface area contributed by atoms with Crippen molar-refractivity contribution in [3.05, 3.63) is 29.8 Å². The molecular weight excluding hydrogens is 318 g/mol. The number of nitrogens with one attached hydrogen (secondary N) is 1. The minimum absolute atomic E-state index is 0.244. The molecule has 0 unspecified atom stereocenters. The summed E-state index contributed by atoms with van der Waals surface area (Å²) >= 11 is 0. The van der Waals surface area contributed by atoms with E-state index in [4.69, 9.17) is 10.5 Å². The van der Waals surface area contributed by atoms with E-state index in [1.54, 1.807) is 0 Å². The maximum Gasteiger partial charge on any atom is 0.240 e. The molecule has 0 atom stereocenters. The fourth-order valence-electron chi connectivity index (χ4n) is 2.27. The van der Waals surface area contributed by atoms with Crippen LogP contribution < -0.4 is 10.5 Å². The number of carbonyl (C=O) groups is 1. The van der Waals surface area contributed by atoms with Crippen LogP contribution in [0.2, 0.25) is 0 Å². The Kier molecular flexibility index (Phi) is 4.78. The molecule has 1 aliphatic heterocycles. The highest BCUT2D eigenvalue weighted by Gasteiger charge is 2.39. The molecule has 9 heteroatoms. The van der Waals surface area contributed by atoms with Crippen molar-refractivity contribution in [2.75, 3.05) is 19.8 Å². The standard InChI is InChI=1S/C13H16F2N2O4S/c14-9-5-10(15)7-11(6-9)22(19,20)17-8-13(12(16)18)1-3-21-4-2-13/h5-7,17H,1-4,8H2,(H2,16,18). The molecule has 0 saturated carbocycles. The van der Waals surface area contributed by atoms with Crippen molar-refractivity contribution in [2.24, 2.45) is 11.1 Å². The molecule has 0 aromatic heterocycles.